The van der Waals surface area contributed by atoms with Crippen LogP contribution in [0.1, 0.15) is 6.92 Å². The molecule has 0 atom stereocenters. The van der Waals surface area contributed by atoms with E-state index in [1.807, 2.05) is 6.92 Å². The van der Waals surface area contributed by atoms with Gasteiger partial charge in [-0.15, -0.1) is 0 Å². The van der Waals surface area contributed by atoms with Gasteiger partial charge < -0.3 is 10.6 Å². The maximum atomic E-state index is 13.3. The van der Waals surface area contributed by atoms with Crippen LogP contribution in [-0.2, 0) is 0 Å². The van der Waals surface area contributed by atoms with Crippen LogP contribution in [0.25, 0.3) is 0 Å². The monoisotopic (exact) mass is 272 g/mol. The molecule has 1 rings (SSSR count). The predicted octanol–water partition coefficient (Wildman–Crippen LogP) is 1.51. The standard InChI is InChI=1S/C10H13FN4S2/c1-2-12-9(16)14-15-10(17)13-8-6-4-3-5-7(8)11/h3-6H,2H2,1H3,(H2,12,14,16)(H2,13,15,17). The highest BCUT2D eigenvalue weighted by molar-refractivity contribution is 7.80. The van der Waals surface area contributed by atoms with Gasteiger partial charge in [0.2, 0.25) is 0 Å². The van der Waals surface area contributed by atoms with Gasteiger partial charge in [0.15, 0.2) is 10.2 Å². The Bertz CT molecular complexity index is 411. The van der Waals surface area contributed by atoms with Crippen molar-refractivity contribution < 1.29 is 4.39 Å². The largest absolute Gasteiger partial charge is 0.362 e. The number of hydrogen-bond acceptors (Lipinski definition) is 2. The highest BCUT2D eigenvalue weighted by atomic mass is 32.1. The van der Waals surface area contributed by atoms with Crippen LogP contribution in [0.2, 0.25) is 0 Å². The van der Waals surface area contributed by atoms with Crippen LogP contribution < -0.4 is 21.5 Å². The first-order valence-electron chi connectivity index (χ1n) is 4.99. The Hall–Kier alpha value is -1.47. The van der Waals surface area contributed by atoms with Gasteiger partial charge in [0.25, 0.3) is 0 Å². The molecule has 0 aliphatic carbocycles. The Morgan fingerprint density at radius 1 is 1.18 bits per heavy atom. The van der Waals surface area contributed by atoms with Gasteiger partial charge in [-0.1, -0.05) is 12.1 Å². The number of nitrogens with one attached hydrogen (secondary N) is 4. The van der Waals surface area contributed by atoms with E-state index in [4.69, 9.17) is 24.4 Å². The van der Waals surface area contributed by atoms with Gasteiger partial charge in [-0.2, -0.15) is 0 Å². The SMILES string of the molecule is CCNC(=S)NNC(=S)Nc1ccccc1F. The zero-order valence-electron chi connectivity index (χ0n) is 9.21. The zero-order chi connectivity index (χ0) is 12.7. The van der Waals surface area contributed by atoms with Crippen LogP contribution in [0.4, 0.5) is 10.1 Å². The molecule has 0 fully saturated rings. The van der Waals surface area contributed by atoms with Crippen molar-refractivity contribution in [2.45, 2.75) is 6.92 Å². The van der Waals surface area contributed by atoms with E-state index < -0.39 is 0 Å². The molecule has 1 aromatic carbocycles. The third-order valence-electron chi connectivity index (χ3n) is 1.75. The maximum Gasteiger partial charge on any atom is 0.189 e. The number of para-hydroxylation sites is 1. The second-order valence-corrected chi connectivity index (χ2v) is 3.86. The zero-order valence-corrected chi connectivity index (χ0v) is 10.8. The molecule has 92 valence electrons. The minimum absolute atomic E-state index is 0.232. The molecule has 0 aliphatic heterocycles. The van der Waals surface area contributed by atoms with Crippen LogP contribution in [-0.4, -0.2) is 16.8 Å². The summed E-state index contributed by atoms with van der Waals surface area (Å²) in [4.78, 5) is 0. The second-order valence-electron chi connectivity index (χ2n) is 3.04. The van der Waals surface area contributed by atoms with E-state index in [0.29, 0.717) is 17.3 Å². The molecule has 0 bridgehead atoms. The molecule has 0 saturated heterocycles. The van der Waals surface area contributed by atoms with Crippen LogP contribution >= 0.6 is 24.4 Å². The summed E-state index contributed by atoms with van der Waals surface area (Å²) in [6.45, 7) is 2.63. The molecule has 0 amide bonds. The lowest BCUT2D eigenvalue weighted by molar-refractivity contribution is 0.632. The molecule has 0 radical (unpaired) electrons. The number of hydrogen-bond donors (Lipinski definition) is 4. The Balaban J connectivity index is 2.40. The third kappa shape index (κ3) is 4.92. The number of rotatable bonds is 2. The highest BCUT2D eigenvalue weighted by Gasteiger charge is 2.02. The Morgan fingerprint density at radius 3 is 2.47 bits per heavy atom. The van der Waals surface area contributed by atoms with Gasteiger partial charge in [-0.25, -0.2) is 4.39 Å². The summed E-state index contributed by atoms with van der Waals surface area (Å²) in [7, 11) is 0. The van der Waals surface area contributed by atoms with Gasteiger partial charge in [0, 0.05) is 6.54 Å². The van der Waals surface area contributed by atoms with Crippen LogP contribution in [0.3, 0.4) is 0 Å². The summed E-state index contributed by atoms with van der Waals surface area (Å²) in [6, 6.07) is 6.26. The van der Waals surface area contributed by atoms with Crippen LogP contribution in [0, 0.1) is 5.82 Å². The molecule has 0 aromatic heterocycles. The Kier molecular flexibility index (Phi) is 5.58. The lowest BCUT2D eigenvalue weighted by Gasteiger charge is -2.13. The first-order chi connectivity index (χ1) is 8.13. The lowest BCUT2D eigenvalue weighted by Crippen LogP contribution is -2.48. The van der Waals surface area contributed by atoms with Gasteiger partial charge in [0.1, 0.15) is 5.82 Å². The molecule has 4 N–H and O–H groups in total. The number of anilines is 1. The fourth-order valence-electron chi connectivity index (χ4n) is 1.03. The van der Waals surface area contributed by atoms with Gasteiger partial charge in [-0.3, -0.25) is 10.9 Å². The summed E-state index contributed by atoms with van der Waals surface area (Å²) >= 11 is 9.88. The summed E-state index contributed by atoms with van der Waals surface area (Å²) < 4.78 is 13.3. The molecule has 0 aliphatic rings. The minimum Gasteiger partial charge on any atom is -0.362 e. The maximum absolute atomic E-state index is 13.3. The smallest absolute Gasteiger partial charge is 0.189 e. The second kappa shape index (κ2) is 6.97. The molecule has 17 heavy (non-hydrogen) atoms. The molecule has 7 heteroatoms. The Labute approximate surface area is 110 Å². The normalized spacial score (nSPS) is 9.29. The minimum atomic E-state index is -0.370. The molecule has 0 heterocycles. The highest BCUT2D eigenvalue weighted by Crippen LogP contribution is 2.11. The fraction of sp³-hybridized carbons (Fsp3) is 0.200. The topological polar surface area (TPSA) is 48.1 Å². The summed E-state index contributed by atoms with van der Waals surface area (Å²) in [5.41, 5.74) is 5.62. The number of hydrazine groups is 1. The molecule has 1 aromatic rings. The lowest BCUT2D eigenvalue weighted by atomic mass is 10.3. The Morgan fingerprint density at radius 2 is 1.82 bits per heavy atom. The van der Waals surface area contributed by atoms with Gasteiger partial charge >= 0.3 is 0 Å². The van der Waals surface area contributed by atoms with E-state index in [-0.39, 0.29) is 10.9 Å². The van der Waals surface area contributed by atoms with Crippen molar-refractivity contribution >= 4 is 40.3 Å². The number of benzene rings is 1. The van der Waals surface area contributed by atoms with E-state index in [2.05, 4.69) is 21.5 Å². The van der Waals surface area contributed by atoms with Gasteiger partial charge in [-0.05, 0) is 43.5 Å². The van der Waals surface area contributed by atoms with E-state index in [0.717, 1.165) is 0 Å². The third-order valence-corrected chi connectivity index (χ3v) is 2.20. The van der Waals surface area contributed by atoms with Crippen molar-refractivity contribution in [2.75, 3.05) is 11.9 Å². The van der Waals surface area contributed by atoms with Crippen molar-refractivity contribution in [3.8, 4) is 0 Å². The first kappa shape index (κ1) is 13.6. The fourth-order valence-corrected chi connectivity index (χ4v) is 1.39. The summed E-state index contributed by atoms with van der Waals surface area (Å²) in [5.74, 6) is -0.370. The van der Waals surface area contributed by atoms with E-state index in [1.54, 1.807) is 18.2 Å². The van der Waals surface area contributed by atoms with Crippen molar-refractivity contribution in [3.05, 3.63) is 30.1 Å². The average molecular weight is 272 g/mol. The summed E-state index contributed by atoms with van der Waals surface area (Å²) in [6.07, 6.45) is 0. The molecule has 0 spiro atoms. The van der Waals surface area contributed by atoms with E-state index in [9.17, 15) is 4.39 Å². The summed E-state index contributed by atoms with van der Waals surface area (Å²) in [5, 5.41) is 6.23. The van der Waals surface area contributed by atoms with Gasteiger partial charge in [0.05, 0.1) is 5.69 Å². The molecule has 4 nitrogen and oxygen atoms in total. The van der Waals surface area contributed by atoms with E-state index in [1.165, 1.54) is 6.07 Å². The average Bonchev–Trinajstić information content (AvgIpc) is 2.30. The van der Waals surface area contributed by atoms with Crippen molar-refractivity contribution in [3.63, 3.8) is 0 Å². The van der Waals surface area contributed by atoms with Crippen molar-refractivity contribution in [2.24, 2.45) is 0 Å². The van der Waals surface area contributed by atoms with Crippen molar-refractivity contribution in [1.82, 2.24) is 16.2 Å². The molecular formula is C10H13FN4S2. The molecular weight excluding hydrogens is 259 g/mol. The molecule has 0 saturated carbocycles. The number of thiocarbonyl (C=S) groups is 2. The number of halogens is 1. The predicted molar refractivity (Wildman–Crippen MR) is 75.2 cm³/mol. The van der Waals surface area contributed by atoms with Crippen molar-refractivity contribution in [1.29, 1.82) is 0 Å². The molecule has 0 unspecified atom stereocenters. The van der Waals surface area contributed by atoms with E-state index >= 15 is 0 Å². The van der Waals surface area contributed by atoms with Crippen LogP contribution in [0.5, 0.6) is 0 Å². The first-order valence-corrected chi connectivity index (χ1v) is 5.80. The quantitative estimate of drug-likeness (QED) is 0.484. The van der Waals surface area contributed by atoms with Crippen LogP contribution in [0.15, 0.2) is 24.3 Å².